The van der Waals surface area contributed by atoms with Gasteiger partial charge in [0.05, 0.1) is 0 Å². The molecule has 3 aromatic rings. The number of nitrogens with zero attached hydrogens (tertiary/aromatic N) is 2. The molecule has 0 saturated heterocycles. The van der Waals surface area contributed by atoms with Gasteiger partial charge in [0.2, 0.25) is 5.91 Å². The van der Waals surface area contributed by atoms with E-state index in [0.29, 0.717) is 5.69 Å². The van der Waals surface area contributed by atoms with Crippen molar-refractivity contribution in [3.05, 3.63) is 78.2 Å². The van der Waals surface area contributed by atoms with Crippen LogP contribution in [0.15, 0.2) is 67.0 Å². The van der Waals surface area contributed by atoms with Gasteiger partial charge in [-0.05, 0) is 69.0 Å². The first-order valence-electron chi connectivity index (χ1n) is 11.6. The number of aromatic nitrogens is 2. The van der Waals surface area contributed by atoms with Crippen LogP contribution >= 0.6 is 0 Å². The first kappa shape index (κ1) is 22.8. The predicted octanol–water partition coefficient (Wildman–Crippen LogP) is 5.12. The molecule has 1 saturated carbocycles. The summed E-state index contributed by atoms with van der Waals surface area (Å²) < 4.78 is 0. The first-order valence-corrected chi connectivity index (χ1v) is 11.6. The zero-order chi connectivity index (χ0) is 23.4. The van der Waals surface area contributed by atoms with Crippen LogP contribution in [0.1, 0.15) is 68.5 Å². The second-order valence-corrected chi connectivity index (χ2v) is 9.67. The van der Waals surface area contributed by atoms with Gasteiger partial charge < -0.3 is 15.2 Å². The van der Waals surface area contributed by atoms with Gasteiger partial charge in [-0.25, -0.2) is 0 Å². The summed E-state index contributed by atoms with van der Waals surface area (Å²) in [5, 5.41) is 3.20. The molecular formula is C27H32N4O2. The van der Waals surface area contributed by atoms with E-state index < -0.39 is 11.6 Å². The Kier molecular flexibility index (Phi) is 6.63. The lowest BCUT2D eigenvalue weighted by atomic mass is 9.96. The second-order valence-electron chi connectivity index (χ2n) is 9.67. The topological polar surface area (TPSA) is 78.1 Å². The summed E-state index contributed by atoms with van der Waals surface area (Å²) in [5.41, 5.74) is 2.47. The van der Waals surface area contributed by atoms with Crippen LogP contribution < -0.4 is 5.32 Å². The summed E-state index contributed by atoms with van der Waals surface area (Å²) in [5.74, 6) is -0.362. The maximum absolute atomic E-state index is 13.9. The van der Waals surface area contributed by atoms with Gasteiger partial charge in [0.15, 0.2) is 0 Å². The molecule has 2 amide bonds. The van der Waals surface area contributed by atoms with Crippen molar-refractivity contribution in [2.75, 3.05) is 0 Å². The normalized spacial score (nSPS) is 15.2. The molecule has 33 heavy (non-hydrogen) atoms. The SMILES string of the molecule is CC(C)(C)N(C(=O)c1ccc(-c2ccccc2)[nH]1)C(C(=O)NC1CCCC1)c1ccncc1. The highest BCUT2D eigenvalue weighted by Gasteiger charge is 2.40. The average Bonchev–Trinajstić information content (AvgIpc) is 3.50. The third kappa shape index (κ3) is 5.16. The van der Waals surface area contributed by atoms with Crippen molar-refractivity contribution in [2.45, 2.75) is 64.1 Å². The molecule has 6 heteroatoms. The first-order chi connectivity index (χ1) is 15.8. The summed E-state index contributed by atoms with van der Waals surface area (Å²) in [6.07, 6.45) is 7.54. The number of benzene rings is 1. The molecule has 0 spiro atoms. The predicted molar refractivity (Wildman–Crippen MR) is 130 cm³/mol. The third-order valence-corrected chi connectivity index (χ3v) is 6.17. The Bertz CT molecular complexity index is 1080. The van der Waals surface area contributed by atoms with Crippen LogP contribution in [0.5, 0.6) is 0 Å². The zero-order valence-corrected chi connectivity index (χ0v) is 19.5. The van der Waals surface area contributed by atoms with Gasteiger partial charge in [-0.3, -0.25) is 14.6 Å². The van der Waals surface area contributed by atoms with Crippen LogP contribution in [-0.2, 0) is 4.79 Å². The second kappa shape index (κ2) is 9.61. The Balaban J connectivity index is 1.70. The lowest BCUT2D eigenvalue weighted by molar-refractivity contribution is -0.128. The van der Waals surface area contributed by atoms with E-state index in [1.807, 2.05) is 69.3 Å². The quantitative estimate of drug-likeness (QED) is 0.554. The van der Waals surface area contributed by atoms with Crippen molar-refractivity contribution in [2.24, 2.45) is 0 Å². The smallest absolute Gasteiger partial charge is 0.271 e. The van der Waals surface area contributed by atoms with E-state index in [0.717, 1.165) is 42.5 Å². The van der Waals surface area contributed by atoms with E-state index in [9.17, 15) is 9.59 Å². The number of carbonyl (C=O) groups is 2. The van der Waals surface area contributed by atoms with E-state index in [1.54, 1.807) is 23.4 Å². The molecule has 2 aromatic heterocycles. The van der Waals surface area contributed by atoms with Gasteiger partial charge in [-0.15, -0.1) is 0 Å². The largest absolute Gasteiger partial charge is 0.351 e. The molecule has 0 bridgehead atoms. The number of hydrogen-bond donors (Lipinski definition) is 2. The molecule has 1 aromatic carbocycles. The molecule has 1 fully saturated rings. The number of H-pyrrole nitrogens is 1. The molecule has 1 atom stereocenters. The highest BCUT2D eigenvalue weighted by molar-refractivity contribution is 5.98. The van der Waals surface area contributed by atoms with Crippen LogP contribution in [0.2, 0.25) is 0 Å². The molecule has 172 valence electrons. The number of pyridine rings is 1. The number of amides is 2. The summed E-state index contributed by atoms with van der Waals surface area (Å²) in [7, 11) is 0. The van der Waals surface area contributed by atoms with Crippen LogP contribution in [0.25, 0.3) is 11.3 Å². The number of rotatable bonds is 6. The van der Waals surface area contributed by atoms with Gasteiger partial charge in [0.25, 0.3) is 5.91 Å². The Morgan fingerprint density at radius 1 is 1.00 bits per heavy atom. The average molecular weight is 445 g/mol. The maximum Gasteiger partial charge on any atom is 0.271 e. The summed E-state index contributed by atoms with van der Waals surface area (Å²) in [6.45, 7) is 5.88. The van der Waals surface area contributed by atoms with Crippen molar-refractivity contribution in [3.63, 3.8) is 0 Å². The molecule has 1 aliphatic carbocycles. The Labute approximate surface area is 195 Å². The molecule has 0 aliphatic heterocycles. The molecule has 2 heterocycles. The molecule has 6 nitrogen and oxygen atoms in total. The van der Waals surface area contributed by atoms with Gasteiger partial charge in [0.1, 0.15) is 11.7 Å². The number of aromatic amines is 1. The van der Waals surface area contributed by atoms with E-state index in [1.165, 1.54) is 0 Å². The molecular weight excluding hydrogens is 412 g/mol. The molecule has 2 N–H and O–H groups in total. The summed E-state index contributed by atoms with van der Waals surface area (Å²) in [4.78, 5) is 36.6. The molecule has 0 radical (unpaired) electrons. The van der Waals surface area contributed by atoms with Gasteiger partial charge in [-0.1, -0.05) is 43.2 Å². The Hall–Kier alpha value is -3.41. The summed E-state index contributed by atoms with van der Waals surface area (Å²) in [6, 6.07) is 16.6. The van der Waals surface area contributed by atoms with Crippen molar-refractivity contribution < 1.29 is 9.59 Å². The third-order valence-electron chi connectivity index (χ3n) is 6.17. The fourth-order valence-corrected chi connectivity index (χ4v) is 4.56. The van der Waals surface area contributed by atoms with Crippen LogP contribution in [-0.4, -0.2) is 38.3 Å². The lowest BCUT2D eigenvalue weighted by Crippen LogP contribution is -2.53. The highest BCUT2D eigenvalue weighted by atomic mass is 16.2. The highest BCUT2D eigenvalue weighted by Crippen LogP contribution is 2.32. The monoisotopic (exact) mass is 444 g/mol. The Morgan fingerprint density at radius 2 is 1.67 bits per heavy atom. The van der Waals surface area contributed by atoms with Gasteiger partial charge >= 0.3 is 0 Å². The molecule has 1 aliphatic rings. The summed E-state index contributed by atoms with van der Waals surface area (Å²) >= 11 is 0. The van der Waals surface area contributed by atoms with E-state index >= 15 is 0 Å². The fourth-order valence-electron chi connectivity index (χ4n) is 4.56. The van der Waals surface area contributed by atoms with Crippen LogP contribution in [0, 0.1) is 0 Å². The molecule has 4 rings (SSSR count). The van der Waals surface area contributed by atoms with Crippen molar-refractivity contribution in [1.82, 2.24) is 20.2 Å². The minimum absolute atomic E-state index is 0.147. The lowest BCUT2D eigenvalue weighted by Gasteiger charge is -2.41. The van der Waals surface area contributed by atoms with E-state index in [4.69, 9.17) is 0 Å². The fraction of sp³-hybridized carbons (Fsp3) is 0.370. The van der Waals surface area contributed by atoms with Crippen molar-refractivity contribution in [1.29, 1.82) is 0 Å². The zero-order valence-electron chi connectivity index (χ0n) is 19.5. The maximum atomic E-state index is 13.9. The number of nitrogens with one attached hydrogen (secondary N) is 2. The minimum Gasteiger partial charge on any atom is -0.351 e. The van der Waals surface area contributed by atoms with Crippen LogP contribution in [0.3, 0.4) is 0 Å². The van der Waals surface area contributed by atoms with Gasteiger partial charge in [-0.2, -0.15) is 0 Å². The van der Waals surface area contributed by atoms with E-state index in [-0.39, 0.29) is 17.9 Å². The van der Waals surface area contributed by atoms with Crippen molar-refractivity contribution in [3.8, 4) is 11.3 Å². The molecule has 1 unspecified atom stereocenters. The Morgan fingerprint density at radius 3 is 2.30 bits per heavy atom. The standard InChI is InChI=1S/C27H32N4O2/c1-27(2,3)31(26(33)23-14-13-22(30-23)19-9-5-4-6-10-19)24(20-15-17-28-18-16-20)25(32)29-21-11-7-8-12-21/h4-6,9-10,13-18,21,24,30H,7-8,11-12H2,1-3H3,(H,29,32). The number of carbonyl (C=O) groups excluding carboxylic acids is 2. The van der Waals surface area contributed by atoms with E-state index in [2.05, 4.69) is 15.3 Å². The number of hydrogen-bond acceptors (Lipinski definition) is 3. The van der Waals surface area contributed by atoms with Crippen LogP contribution in [0.4, 0.5) is 0 Å². The van der Waals surface area contributed by atoms with Crippen molar-refractivity contribution >= 4 is 11.8 Å². The van der Waals surface area contributed by atoms with Gasteiger partial charge in [0, 0.05) is 29.7 Å². The minimum atomic E-state index is -0.760.